The minimum atomic E-state index is -1.52. The van der Waals surface area contributed by atoms with E-state index in [1.807, 2.05) is 0 Å². The number of aromatic nitrogens is 3. The third kappa shape index (κ3) is 2.14. The monoisotopic (exact) mass is 242 g/mol. The lowest BCUT2D eigenvalue weighted by Gasteiger charge is -2.03. The van der Waals surface area contributed by atoms with Crippen molar-refractivity contribution in [3.8, 4) is 5.69 Å². The van der Waals surface area contributed by atoms with Crippen molar-refractivity contribution in [2.24, 2.45) is 0 Å². The van der Waals surface area contributed by atoms with Crippen molar-refractivity contribution in [2.75, 3.05) is 7.05 Å². The molecule has 0 atom stereocenters. The smallest absolute Gasteiger partial charge is 0.196 e. The molecule has 1 heterocycles. The Kier molecular flexibility index (Phi) is 3.10. The molecule has 0 unspecified atom stereocenters. The number of nitrogens with one attached hydrogen (secondary N) is 1. The molecule has 1 aromatic heterocycles. The zero-order valence-electron chi connectivity index (χ0n) is 8.91. The highest BCUT2D eigenvalue weighted by atomic mass is 19.2. The zero-order chi connectivity index (χ0) is 12.4. The van der Waals surface area contributed by atoms with Gasteiger partial charge in [0, 0.05) is 6.54 Å². The lowest BCUT2D eigenvalue weighted by Crippen LogP contribution is -2.05. The van der Waals surface area contributed by atoms with E-state index < -0.39 is 17.5 Å². The van der Waals surface area contributed by atoms with E-state index in [4.69, 9.17) is 0 Å². The van der Waals surface area contributed by atoms with E-state index in [1.165, 1.54) is 6.20 Å². The summed E-state index contributed by atoms with van der Waals surface area (Å²) >= 11 is 0. The molecule has 17 heavy (non-hydrogen) atoms. The summed E-state index contributed by atoms with van der Waals surface area (Å²) in [7, 11) is 1.72. The number of halogens is 3. The van der Waals surface area contributed by atoms with Gasteiger partial charge in [0.05, 0.1) is 11.9 Å². The largest absolute Gasteiger partial charge is 0.314 e. The average Bonchev–Trinajstić information content (AvgIpc) is 2.75. The van der Waals surface area contributed by atoms with Gasteiger partial charge >= 0.3 is 0 Å². The minimum absolute atomic E-state index is 0.182. The molecule has 0 aliphatic heterocycles. The van der Waals surface area contributed by atoms with E-state index in [1.54, 1.807) is 7.05 Å². The van der Waals surface area contributed by atoms with E-state index in [2.05, 4.69) is 15.6 Å². The summed E-state index contributed by atoms with van der Waals surface area (Å²) in [6, 6.07) is 1.94. The maximum absolute atomic E-state index is 13.4. The third-order valence-electron chi connectivity index (χ3n) is 2.16. The van der Waals surface area contributed by atoms with Crippen LogP contribution >= 0.6 is 0 Å². The quantitative estimate of drug-likeness (QED) is 0.827. The predicted octanol–water partition coefficient (Wildman–Crippen LogP) is 1.40. The zero-order valence-corrected chi connectivity index (χ0v) is 8.91. The first-order valence-corrected chi connectivity index (χ1v) is 4.83. The topological polar surface area (TPSA) is 42.7 Å². The second kappa shape index (κ2) is 4.54. The number of rotatable bonds is 3. The van der Waals surface area contributed by atoms with E-state index >= 15 is 0 Å². The van der Waals surface area contributed by atoms with Gasteiger partial charge in [-0.3, -0.25) is 0 Å². The molecule has 0 spiro atoms. The molecule has 0 amide bonds. The molecule has 90 valence electrons. The molecule has 0 saturated heterocycles. The maximum Gasteiger partial charge on any atom is 0.196 e. The van der Waals surface area contributed by atoms with Gasteiger partial charge in [-0.25, -0.2) is 17.9 Å². The molecule has 0 aliphatic rings. The highest BCUT2D eigenvalue weighted by molar-refractivity contribution is 5.33. The number of hydrogen-bond acceptors (Lipinski definition) is 3. The van der Waals surface area contributed by atoms with Crippen molar-refractivity contribution in [2.45, 2.75) is 6.54 Å². The van der Waals surface area contributed by atoms with Gasteiger partial charge in [0.25, 0.3) is 0 Å². The van der Waals surface area contributed by atoms with Crippen LogP contribution in [0, 0.1) is 17.5 Å². The molecule has 4 nitrogen and oxygen atoms in total. The SMILES string of the molecule is CNCc1cn(-c2ccc(F)c(F)c2F)nn1. The fourth-order valence-corrected chi connectivity index (χ4v) is 1.37. The summed E-state index contributed by atoms with van der Waals surface area (Å²) in [5.41, 5.74) is 0.385. The molecular formula is C10H9F3N4. The lowest BCUT2D eigenvalue weighted by atomic mass is 10.3. The molecule has 1 N–H and O–H groups in total. The van der Waals surface area contributed by atoms with Crippen LogP contribution in [0.2, 0.25) is 0 Å². The van der Waals surface area contributed by atoms with Crippen molar-refractivity contribution in [1.82, 2.24) is 20.3 Å². The van der Waals surface area contributed by atoms with Gasteiger partial charge in [-0.15, -0.1) is 5.10 Å². The first-order valence-electron chi connectivity index (χ1n) is 4.83. The molecule has 0 radical (unpaired) electrons. The molecule has 0 aliphatic carbocycles. The Morgan fingerprint density at radius 3 is 2.71 bits per heavy atom. The fourth-order valence-electron chi connectivity index (χ4n) is 1.37. The second-order valence-electron chi connectivity index (χ2n) is 3.38. The molecule has 7 heteroatoms. The summed E-state index contributed by atoms with van der Waals surface area (Å²) in [5, 5.41) is 10.2. The van der Waals surface area contributed by atoms with Crippen LogP contribution < -0.4 is 5.32 Å². The van der Waals surface area contributed by atoms with Gasteiger partial charge in [0.2, 0.25) is 0 Å². The number of benzene rings is 1. The highest BCUT2D eigenvalue weighted by Gasteiger charge is 2.15. The van der Waals surface area contributed by atoms with Gasteiger partial charge in [-0.1, -0.05) is 5.21 Å². The van der Waals surface area contributed by atoms with Crippen LogP contribution in [-0.4, -0.2) is 22.0 Å². The van der Waals surface area contributed by atoms with Gasteiger partial charge in [0.15, 0.2) is 17.5 Å². The van der Waals surface area contributed by atoms with Crippen LogP contribution in [0.1, 0.15) is 5.69 Å². The van der Waals surface area contributed by atoms with Crippen molar-refractivity contribution < 1.29 is 13.2 Å². The molecule has 2 rings (SSSR count). The summed E-state index contributed by atoms with van der Waals surface area (Å²) in [6.45, 7) is 0.450. The van der Waals surface area contributed by atoms with E-state index in [9.17, 15) is 13.2 Å². The average molecular weight is 242 g/mol. The van der Waals surface area contributed by atoms with Crippen molar-refractivity contribution in [1.29, 1.82) is 0 Å². The Morgan fingerprint density at radius 1 is 1.24 bits per heavy atom. The highest BCUT2D eigenvalue weighted by Crippen LogP contribution is 2.18. The lowest BCUT2D eigenvalue weighted by molar-refractivity contribution is 0.442. The van der Waals surface area contributed by atoms with Gasteiger partial charge < -0.3 is 5.32 Å². The van der Waals surface area contributed by atoms with Crippen LogP contribution in [0.4, 0.5) is 13.2 Å². The van der Waals surface area contributed by atoms with Crippen LogP contribution in [0.15, 0.2) is 18.3 Å². The predicted molar refractivity (Wildman–Crippen MR) is 54.0 cm³/mol. The van der Waals surface area contributed by atoms with Crippen LogP contribution in [0.5, 0.6) is 0 Å². The Balaban J connectivity index is 2.42. The Hall–Kier alpha value is -1.89. The van der Waals surface area contributed by atoms with Crippen LogP contribution in [0.25, 0.3) is 5.69 Å². The van der Waals surface area contributed by atoms with Gasteiger partial charge in [-0.2, -0.15) is 0 Å². The summed E-state index contributed by atoms with van der Waals surface area (Å²) < 4.78 is 40.2. The van der Waals surface area contributed by atoms with Crippen molar-refractivity contribution in [3.63, 3.8) is 0 Å². The normalized spacial score (nSPS) is 10.8. The molecular weight excluding hydrogens is 233 g/mol. The summed E-state index contributed by atoms with van der Waals surface area (Å²) in [6.07, 6.45) is 1.44. The fraction of sp³-hybridized carbons (Fsp3) is 0.200. The Morgan fingerprint density at radius 2 is 2.00 bits per heavy atom. The van der Waals surface area contributed by atoms with Crippen molar-refractivity contribution in [3.05, 3.63) is 41.5 Å². The molecule has 0 saturated carbocycles. The van der Waals surface area contributed by atoms with E-state index in [0.29, 0.717) is 12.2 Å². The number of hydrogen-bond donors (Lipinski definition) is 1. The van der Waals surface area contributed by atoms with E-state index in [0.717, 1.165) is 16.8 Å². The summed E-state index contributed by atoms with van der Waals surface area (Å²) in [4.78, 5) is 0. The standard InChI is InChI=1S/C10H9F3N4/c1-14-4-6-5-17(16-15-6)8-3-2-7(11)9(12)10(8)13/h2-3,5,14H,4H2,1H3. The first kappa shape index (κ1) is 11.6. The molecule has 1 aromatic carbocycles. The third-order valence-corrected chi connectivity index (χ3v) is 2.16. The number of nitrogens with zero attached hydrogens (tertiary/aromatic N) is 3. The van der Waals surface area contributed by atoms with Crippen LogP contribution in [-0.2, 0) is 6.54 Å². The molecule has 0 fully saturated rings. The van der Waals surface area contributed by atoms with Gasteiger partial charge in [0.1, 0.15) is 5.69 Å². The molecule has 2 aromatic rings. The Bertz CT molecular complexity index is 538. The van der Waals surface area contributed by atoms with Crippen LogP contribution in [0.3, 0.4) is 0 Å². The summed E-state index contributed by atoms with van der Waals surface area (Å²) in [5.74, 6) is -4.04. The van der Waals surface area contributed by atoms with Crippen molar-refractivity contribution >= 4 is 0 Å². The van der Waals surface area contributed by atoms with E-state index in [-0.39, 0.29) is 5.69 Å². The second-order valence-corrected chi connectivity index (χ2v) is 3.38. The Labute approximate surface area is 95.1 Å². The van der Waals surface area contributed by atoms with Gasteiger partial charge in [-0.05, 0) is 19.2 Å². The minimum Gasteiger partial charge on any atom is -0.314 e. The molecule has 0 bridgehead atoms. The first-order chi connectivity index (χ1) is 8.13. The maximum atomic E-state index is 13.4.